The van der Waals surface area contributed by atoms with E-state index in [-0.39, 0.29) is 12.1 Å². The standard InChI is InChI=1S/C16H23ClN2O2/c1-3-21-16(20)19-10-8-15(9-11-19)18-12(2)13-4-6-14(17)7-5-13/h4-7,12,15,18H,3,8-11H2,1-2H3/t12-/m1/s1. The van der Waals surface area contributed by atoms with Crippen molar-refractivity contribution < 1.29 is 9.53 Å². The van der Waals surface area contributed by atoms with Crippen molar-refractivity contribution in [1.82, 2.24) is 10.2 Å². The zero-order valence-corrected chi connectivity index (χ0v) is 13.4. The van der Waals surface area contributed by atoms with Crippen LogP contribution in [0.1, 0.15) is 38.3 Å². The van der Waals surface area contributed by atoms with Crippen LogP contribution in [0.5, 0.6) is 0 Å². The molecule has 5 heteroatoms. The van der Waals surface area contributed by atoms with Gasteiger partial charge in [-0.2, -0.15) is 0 Å². The first-order valence-electron chi connectivity index (χ1n) is 7.53. The third-order valence-corrected chi connectivity index (χ3v) is 4.13. The van der Waals surface area contributed by atoms with Crippen molar-refractivity contribution in [3.8, 4) is 0 Å². The summed E-state index contributed by atoms with van der Waals surface area (Å²) in [7, 11) is 0. The Bertz CT molecular complexity index is 456. The van der Waals surface area contributed by atoms with Crippen molar-refractivity contribution in [1.29, 1.82) is 0 Å². The third-order valence-electron chi connectivity index (χ3n) is 3.88. The van der Waals surface area contributed by atoms with Crippen molar-refractivity contribution in [3.05, 3.63) is 34.9 Å². The largest absolute Gasteiger partial charge is 0.450 e. The van der Waals surface area contributed by atoms with Crippen LogP contribution in [0.15, 0.2) is 24.3 Å². The summed E-state index contributed by atoms with van der Waals surface area (Å²) in [6.45, 7) is 5.93. The monoisotopic (exact) mass is 310 g/mol. The van der Waals surface area contributed by atoms with Crippen molar-refractivity contribution in [2.24, 2.45) is 0 Å². The average Bonchev–Trinajstić information content (AvgIpc) is 2.49. The number of carbonyl (C=O) groups excluding carboxylic acids is 1. The molecule has 0 aromatic heterocycles. The summed E-state index contributed by atoms with van der Waals surface area (Å²) in [5, 5.41) is 4.38. The molecule has 1 fully saturated rings. The maximum absolute atomic E-state index is 11.7. The molecule has 1 aromatic rings. The van der Waals surface area contributed by atoms with Gasteiger partial charge in [-0.15, -0.1) is 0 Å². The number of piperidine rings is 1. The van der Waals surface area contributed by atoms with Gasteiger partial charge >= 0.3 is 6.09 Å². The van der Waals surface area contributed by atoms with E-state index in [1.165, 1.54) is 5.56 Å². The molecule has 0 unspecified atom stereocenters. The number of nitrogens with one attached hydrogen (secondary N) is 1. The second-order valence-electron chi connectivity index (χ2n) is 5.40. The SMILES string of the molecule is CCOC(=O)N1CCC(N[C@H](C)c2ccc(Cl)cc2)CC1. The van der Waals surface area contributed by atoms with Crippen LogP contribution in [0, 0.1) is 0 Å². The molecule has 1 heterocycles. The number of likely N-dealkylation sites (tertiary alicyclic amines) is 1. The maximum atomic E-state index is 11.7. The first kappa shape index (κ1) is 16.1. The van der Waals surface area contributed by atoms with Gasteiger partial charge in [-0.3, -0.25) is 0 Å². The summed E-state index contributed by atoms with van der Waals surface area (Å²) in [4.78, 5) is 13.4. The van der Waals surface area contributed by atoms with Crippen LogP contribution in [0.2, 0.25) is 5.02 Å². The van der Waals surface area contributed by atoms with Gasteiger partial charge in [0.15, 0.2) is 0 Å². The normalized spacial score (nSPS) is 17.6. The Balaban J connectivity index is 1.80. The fourth-order valence-electron chi connectivity index (χ4n) is 2.64. The third kappa shape index (κ3) is 4.61. The van der Waals surface area contributed by atoms with Gasteiger partial charge in [0.2, 0.25) is 0 Å². The molecule has 1 aliphatic rings. The zero-order chi connectivity index (χ0) is 15.2. The van der Waals surface area contributed by atoms with Crippen molar-refractivity contribution >= 4 is 17.7 Å². The van der Waals surface area contributed by atoms with Gasteiger partial charge in [0, 0.05) is 30.2 Å². The molecule has 1 atom stereocenters. The molecule has 1 aromatic carbocycles. The lowest BCUT2D eigenvalue weighted by atomic mass is 10.0. The first-order valence-corrected chi connectivity index (χ1v) is 7.91. The van der Waals surface area contributed by atoms with Gasteiger partial charge < -0.3 is 15.0 Å². The molecule has 1 N–H and O–H groups in total. The van der Waals surface area contributed by atoms with Gasteiger partial charge in [-0.05, 0) is 44.4 Å². The highest BCUT2D eigenvalue weighted by atomic mass is 35.5. The minimum atomic E-state index is -0.193. The van der Waals surface area contributed by atoms with Crippen LogP contribution < -0.4 is 5.32 Å². The highest BCUT2D eigenvalue weighted by Gasteiger charge is 2.24. The summed E-state index contributed by atoms with van der Waals surface area (Å²) in [6, 6.07) is 8.64. The summed E-state index contributed by atoms with van der Waals surface area (Å²) in [5.74, 6) is 0. The summed E-state index contributed by atoms with van der Waals surface area (Å²) in [5.41, 5.74) is 1.23. The number of benzene rings is 1. The molecule has 21 heavy (non-hydrogen) atoms. The average molecular weight is 311 g/mol. The number of halogens is 1. The number of nitrogens with zero attached hydrogens (tertiary/aromatic N) is 1. The second kappa shape index (κ2) is 7.66. The van der Waals surface area contributed by atoms with Gasteiger partial charge in [0.25, 0.3) is 0 Å². The Morgan fingerprint density at radius 1 is 1.38 bits per heavy atom. The molecule has 116 valence electrons. The number of amides is 1. The van der Waals surface area contributed by atoms with E-state index in [2.05, 4.69) is 12.2 Å². The Kier molecular flexibility index (Phi) is 5.88. The molecular formula is C16H23ClN2O2. The molecule has 1 amide bonds. The lowest BCUT2D eigenvalue weighted by molar-refractivity contribution is 0.0944. The minimum Gasteiger partial charge on any atom is -0.450 e. The Labute approximate surface area is 131 Å². The summed E-state index contributed by atoms with van der Waals surface area (Å²) in [6.07, 6.45) is 1.72. The highest BCUT2D eigenvalue weighted by Crippen LogP contribution is 2.19. The second-order valence-corrected chi connectivity index (χ2v) is 5.84. The fourth-order valence-corrected chi connectivity index (χ4v) is 2.77. The van der Waals surface area contributed by atoms with E-state index in [0.717, 1.165) is 31.0 Å². The number of hydrogen-bond acceptors (Lipinski definition) is 3. The van der Waals surface area contributed by atoms with Crippen LogP contribution in [0.25, 0.3) is 0 Å². The molecule has 0 aliphatic carbocycles. The maximum Gasteiger partial charge on any atom is 0.409 e. The zero-order valence-electron chi connectivity index (χ0n) is 12.6. The van der Waals surface area contributed by atoms with Crippen LogP contribution >= 0.6 is 11.6 Å². The van der Waals surface area contributed by atoms with Crippen molar-refractivity contribution in [3.63, 3.8) is 0 Å². The topological polar surface area (TPSA) is 41.6 Å². The van der Waals surface area contributed by atoms with Gasteiger partial charge in [-0.25, -0.2) is 4.79 Å². The van der Waals surface area contributed by atoms with E-state index in [0.29, 0.717) is 12.6 Å². The lowest BCUT2D eigenvalue weighted by Crippen LogP contribution is -2.45. The Morgan fingerprint density at radius 3 is 2.57 bits per heavy atom. The molecule has 4 nitrogen and oxygen atoms in total. The van der Waals surface area contributed by atoms with E-state index in [1.807, 2.05) is 31.2 Å². The van der Waals surface area contributed by atoms with E-state index >= 15 is 0 Å². The van der Waals surface area contributed by atoms with Gasteiger partial charge in [0.1, 0.15) is 0 Å². The fraction of sp³-hybridized carbons (Fsp3) is 0.562. The predicted molar refractivity (Wildman–Crippen MR) is 84.6 cm³/mol. The first-order chi connectivity index (χ1) is 10.1. The smallest absolute Gasteiger partial charge is 0.409 e. The van der Waals surface area contributed by atoms with Crippen molar-refractivity contribution in [2.75, 3.05) is 19.7 Å². The van der Waals surface area contributed by atoms with Crippen LogP contribution in [-0.2, 0) is 4.74 Å². The van der Waals surface area contributed by atoms with Crippen LogP contribution in [0.4, 0.5) is 4.79 Å². The van der Waals surface area contributed by atoms with Crippen LogP contribution in [-0.4, -0.2) is 36.7 Å². The van der Waals surface area contributed by atoms with E-state index in [1.54, 1.807) is 4.90 Å². The lowest BCUT2D eigenvalue weighted by Gasteiger charge is -2.33. The number of carbonyl (C=O) groups is 1. The molecular weight excluding hydrogens is 288 g/mol. The van der Waals surface area contributed by atoms with Crippen LogP contribution in [0.3, 0.4) is 0 Å². The Hall–Kier alpha value is -1.26. The van der Waals surface area contributed by atoms with Crippen molar-refractivity contribution in [2.45, 2.75) is 38.8 Å². The van der Waals surface area contributed by atoms with E-state index in [9.17, 15) is 4.79 Å². The number of ether oxygens (including phenoxy) is 1. The molecule has 0 spiro atoms. The predicted octanol–water partition coefficient (Wildman–Crippen LogP) is 3.61. The van der Waals surface area contributed by atoms with Gasteiger partial charge in [-0.1, -0.05) is 23.7 Å². The highest BCUT2D eigenvalue weighted by molar-refractivity contribution is 6.30. The summed E-state index contributed by atoms with van der Waals surface area (Å²) >= 11 is 5.91. The minimum absolute atomic E-state index is 0.193. The molecule has 1 saturated heterocycles. The van der Waals surface area contributed by atoms with E-state index in [4.69, 9.17) is 16.3 Å². The summed E-state index contributed by atoms with van der Waals surface area (Å²) < 4.78 is 5.03. The van der Waals surface area contributed by atoms with E-state index < -0.39 is 0 Å². The number of rotatable bonds is 4. The molecule has 0 radical (unpaired) electrons. The quantitative estimate of drug-likeness (QED) is 0.923. The number of hydrogen-bond donors (Lipinski definition) is 1. The molecule has 2 rings (SSSR count). The molecule has 0 bridgehead atoms. The van der Waals surface area contributed by atoms with Gasteiger partial charge in [0.05, 0.1) is 6.61 Å². The molecule has 1 aliphatic heterocycles. The Morgan fingerprint density at radius 2 is 2.00 bits per heavy atom. The molecule has 0 saturated carbocycles.